The second-order valence-corrected chi connectivity index (χ2v) is 7.22. The van der Waals surface area contributed by atoms with Gasteiger partial charge in [0.25, 0.3) is 5.91 Å². The van der Waals surface area contributed by atoms with Crippen molar-refractivity contribution in [3.05, 3.63) is 70.8 Å². The molecule has 0 aliphatic rings. The monoisotopic (exact) mass is 409 g/mol. The van der Waals surface area contributed by atoms with Crippen LogP contribution >= 0.6 is 11.3 Å². The van der Waals surface area contributed by atoms with Gasteiger partial charge < -0.3 is 14.5 Å². The summed E-state index contributed by atoms with van der Waals surface area (Å²) in [4.78, 5) is 29.7. The first-order valence-corrected chi connectivity index (χ1v) is 10.0. The van der Waals surface area contributed by atoms with Crippen molar-refractivity contribution in [3.8, 4) is 11.3 Å². The SMILES string of the molecule is CCOC(=O)c1ccc(CNC(=O)c2csc3nc(-c4ccccc4C)cn23)o1. The Labute approximate surface area is 170 Å². The molecular weight excluding hydrogens is 390 g/mol. The Bertz CT molecular complexity index is 1190. The number of thiazole rings is 1. The molecule has 0 saturated heterocycles. The van der Waals surface area contributed by atoms with Gasteiger partial charge in [-0.05, 0) is 31.5 Å². The van der Waals surface area contributed by atoms with Gasteiger partial charge >= 0.3 is 5.97 Å². The molecule has 0 unspecified atom stereocenters. The van der Waals surface area contributed by atoms with Crippen LogP contribution < -0.4 is 5.32 Å². The molecule has 4 rings (SSSR count). The van der Waals surface area contributed by atoms with E-state index >= 15 is 0 Å². The molecule has 0 saturated carbocycles. The number of aryl methyl sites for hydroxylation is 1. The van der Waals surface area contributed by atoms with Crippen molar-refractivity contribution < 1.29 is 18.7 Å². The third-order valence-electron chi connectivity index (χ3n) is 4.42. The fourth-order valence-corrected chi connectivity index (χ4v) is 3.83. The van der Waals surface area contributed by atoms with Gasteiger partial charge in [-0.25, -0.2) is 9.78 Å². The topological polar surface area (TPSA) is 85.8 Å². The number of nitrogens with one attached hydrogen (secondary N) is 1. The lowest BCUT2D eigenvalue weighted by molar-refractivity contribution is 0.0488. The molecule has 1 amide bonds. The van der Waals surface area contributed by atoms with Gasteiger partial charge in [0.05, 0.1) is 18.8 Å². The molecule has 0 aliphatic heterocycles. The molecule has 1 N–H and O–H groups in total. The third kappa shape index (κ3) is 3.79. The van der Waals surface area contributed by atoms with Crippen LogP contribution in [0.25, 0.3) is 16.2 Å². The lowest BCUT2D eigenvalue weighted by atomic mass is 10.1. The predicted octanol–water partition coefficient (Wildman–Crippen LogP) is 4.07. The predicted molar refractivity (Wildman–Crippen MR) is 109 cm³/mol. The van der Waals surface area contributed by atoms with Crippen LogP contribution in [0.2, 0.25) is 0 Å². The van der Waals surface area contributed by atoms with Crippen molar-refractivity contribution >= 4 is 28.2 Å². The maximum absolute atomic E-state index is 12.7. The summed E-state index contributed by atoms with van der Waals surface area (Å²) in [5.41, 5.74) is 3.49. The standard InChI is InChI=1S/C21H19N3O4S/c1-3-27-20(26)18-9-8-14(28-18)10-22-19(25)17-12-29-21-23-16(11-24(17)21)15-7-5-4-6-13(15)2/h4-9,11-12H,3,10H2,1-2H3,(H,22,25). The molecule has 1 aromatic carbocycles. The minimum atomic E-state index is -0.522. The van der Waals surface area contributed by atoms with Crippen LogP contribution in [0.5, 0.6) is 0 Å². The van der Waals surface area contributed by atoms with E-state index in [-0.39, 0.29) is 24.8 Å². The Balaban J connectivity index is 1.49. The molecule has 0 spiro atoms. The van der Waals surface area contributed by atoms with E-state index in [0.29, 0.717) is 11.5 Å². The summed E-state index contributed by atoms with van der Waals surface area (Å²) in [6, 6.07) is 11.2. The fraction of sp³-hybridized carbons (Fsp3) is 0.190. The third-order valence-corrected chi connectivity index (χ3v) is 5.26. The zero-order valence-electron chi connectivity index (χ0n) is 16.0. The van der Waals surface area contributed by atoms with Crippen molar-refractivity contribution in [2.75, 3.05) is 6.61 Å². The number of nitrogens with zero attached hydrogens (tertiary/aromatic N) is 2. The Hall–Kier alpha value is -3.39. The summed E-state index contributed by atoms with van der Waals surface area (Å²) in [7, 11) is 0. The Morgan fingerprint density at radius 2 is 2.07 bits per heavy atom. The number of aromatic nitrogens is 2. The number of carbonyl (C=O) groups is 2. The molecule has 29 heavy (non-hydrogen) atoms. The Morgan fingerprint density at radius 3 is 2.86 bits per heavy atom. The van der Waals surface area contributed by atoms with Gasteiger partial charge in [-0.3, -0.25) is 9.20 Å². The van der Waals surface area contributed by atoms with Gasteiger partial charge in [-0.2, -0.15) is 0 Å². The summed E-state index contributed by atoms with van der Waals surface area (Å²) in [6.07, 6.45) is 1.87. The number of carbonyl (C=O) groups excluding carboxylic acids is 2. The van der Waals surface area contributed by atoms with E-state index in [2.05, 4.69) is 10.3 Å². The molecule has 0 aliphatic carbocycles. The van der Waals surface area contributed by atoms with E-state index in [4.69, 9.17) is 9.15 Å². The van der Waals surface area contributed by atoms with Gasteiger partial charge in [0, 0.05) is 17.1 Å². The van der Waals surface area contributed by atoms with E-state index in [1.54, 1.807) is 22.8 Å². The van der Waals surface area contributed by atoms with E-state index in [1.807, 2.05) is 37.4 Å². The van der Waals surface area contributed by atoms with Crippen LogP contribution in [0.4, 0.5) is 0 Å². The highest BCUT2D eigenvalue weighted by molar-refractivity contribution is 7.15. The highest BCUT2D eigenvalue weighted by atomic mass is 32.1. The second-order valence-electron chi connectivity index (χ2n) is 6.38. The van der Waals surface area contributed by atoms with Crippen molar-refractivity contribution in [1.82, 2.24) is 14.7 Å². The maximum Gasteiger partial charge on any atom is 0.374 e. The zero-order valence-corrected chi connectivity index (χ0v) is 16.8. The first kappa shape index (κ1) is 18.9. The number of imidazole rings is 1. The minimum absolute atomic E-state index is 0.117. The van der Waals surface area contributed by atoms with Crippen molar-refractivity contribution in [1.29, 1.82) is 0 Å². The number of fused-ring (bicyclic) bond motifs is 1. The Morgan fingerprint density at radius 1 is 1.24 bits per heavy atom. The molecule has 0 atom stereocenters. The van der Waals surface area contributed by atoms with Crippen LogP contribution in [-0.4, -0.2) is 27.9 Å². The normalized spacial score (nSPS) is 11.0. The van der Waals surface area contributed by atoms with Gasteiger partial charge in [0.1, 0.15) is 11.5 Å². The molecule has 0 fully saturated rings. The van der Waals surface area contributed by atoms with Crippen LogP contribution in [-0.2, 0) is 11.3 Å². The summed E-state index contributed by atoms with van der Waals surface area (Å²) >= 11 is 1.41. The number of esters is 1. The van der Waals surface area contributed by atoms with Crippen LogP contribution in [0.1, 0.15) is 39.3 Å². The number of hydrogen-bond donors (Lipinski definition) is 1. The van der Waals surface area contributed by atoms with Gasteiger partial charge in [-0.15, -0.1) is 11.3 Å². The molecule has 3 aromatic heterocycles. The number of benzene rings is 1. The first-order valence-electron chi connectivity index (χ1n) is 9.13. The van der Waals surface area contributed by atoms with Gasteiger partial charge in [0.15, 0.2) is 4.96 Å². The number of rotatable bonds is 6. The smallest absolute Gasteiger partial charge is 0.374 e. The van der Waals surface area contributed by atoms with Crippen molar-refractivity contribution in [2.24, 2.45) is 0 Å². The lowest BCUT2D eigenvalue weighted by Crippen LogP contribution is -2.23. The summed E-state index contributed by atoms with van der Waals surface area (Å²) < 4.78 is 12.1. The molecule has 8 heteroatoms. The van der Waals surface area contributed by atoms with Crippen LogP contribution in [0.3, 0.4) is 0 Å². The molecule has 4 aromatic rings. The fourth-order valence-electron chi connectivity index (χ4n) is 2.98. The molecule has 0 radical (unpaired) electrons. The highest BCUT2D eigenvalue weighted by Gasteiger charge is 2.17. The molecule has 7 nitrogen and oxygen atoms in total. The van der Waals surface area contributed by atoms with E-state index < -0.39 is 5.97 Å². The van der Waals surface area contributed by atoms with E-state index in [1.165, 1.54) is 17.4 Å². The average molecular weight is 409 g/mol. The Kier molecular flexibility index (Phi) is 5.18. The lowest BCUT2D eigenvalue weighted by Gasteiger charge is -2.03. The molecule has 3 heterocycles. The number of ether oxygens (including phenoxy) is 1. The number of amides is 1. The van der Waals surface area contributed by atoms with E-state index in [0.717, 1.165) is 21.8 Å². The first-order chi connectivity index (χ1) is 14.1. The highest BCUT2D eigenvalue weighted by Crippen LogP contribution is 2.26. The average Bonchev–Trinajstić information content (AvgIpc) is 3.42. The van der Waals surface area contributed by atoms with Crippen LogP contribution in [0, 0.1) is 6.92 Å². The minimum Gasteiger partial charge on any atom is -0.460 e. The molecular formula is C21H19N3O4S. The zero-order chi connectivity index (χ0) is 20.4. The van der Waals surface area contributed by atoms with Crippen molar-refractivity contribution in [2.45, 2.75) is 20.4 Å². The number of furan rings is 1. The van der Waals surface area contributed by atoms with E-state index in [9.17, 15) is 9.59 Å². The summed E-state index contributed by atoms with van der Waals surface area (Å²) in [5.74, 6) is -0.184. The quantitative estimate of drug-likeness (QED) is 0.485. The van der Waals surface area contributed by atoms with Crippen LogP contribution in [0.15, 0.2) is 52.4 Å². The molecule has 0 bridgehead atoms. The molecule has 148 valence electrons. The van der Waals surface area contributed by atoms with Crippen molar-refractivity contribution in [3.63, 3.8) is 0 Å². The number of hydrogen-bond acceptors (Lipinski definition) is 6. The van der Waals surface area contributed by atoms with Gasteiger partial charge in [0.2, 0.25) is 5.76 Å². The van der Waals surface area contributed by atoms with Gasteiger partial charge in [-0.1, -0.05) is 24.3 Å². The summed E-state index contributed by atoms with van der Waals surface area (Å²) in [5, 5.41) is 4.58. The maximum atomic E-state index is 12.7. The largest absolute Gasteiger partial charge is 0.460 e. The summed E-state index contributed by atoms with van der Waals surface area (Å²) in [6.45, 7) is 4.19. The second kappa shape index (κ2) is 7.92.